The van der Waals surface area contributed by atoms with Crippen molar-refractivity contribution in [3.05, 3.63) is 45.2 Å². The van der Waals surface area contributed by atoms with E-state index >= 15 is 0 Å². The van der Waals surface area contributed by atoms with Gasteiger partial charge in [-0.3, -0.25) is 4.79 Å². The minimum Gasteiger partial charge on any atom is -0.298 e. The number of hydrogen-bond acceptors (Lipinski definition) is 2. The second kappa shape index (κ2) is 4.45. The first kappa shape index (κ1) is 11.5. The van der Waals surface area contributed by atoms with Crippen molar-refractivity contribution in [1.82, 2.24) is 9.78 Å². The average Bonchev–Trinajstić information content (AvgIpc) is 2.60. The summed E-state index contributed by atoms with van der Waals surface area (Å²) in [5, 5.41) is 5.13. The van der Waals surface area contributed by atoms with Crippen molar-refractivity contribution in [3.63, 3.8) is 0 Å². The van der Waals surface area contributed by atoms with Gasteiger partial charge in [-0.05, 0) is 18.2 Å². The first-order chi connectivity index (χ1) is 7.63. The first-order valence-corrected chi connectivity index (χ1v) is 5.41. The van der Waals surface area contributed by atoms with Crippen molar-refractivity contribution < 1.29 is 4.79 Å². The number of hydrogen-bond donors (Lipinski definition) is 0. The number of rotatable bonds is 2. The van der Waals surface area contributed by atoms with Gasteiger partial charge >= 0.3 is 0 Å². The molecule has 0 atom stereocenters. The highest BCUT2D eigenvalue weighted by Gasteiger charge is 2.11. The Kier molecular flexibility index (Phi) is 3.19. The van der Waals surface area contributed by atoms with Gasteiger partial charge in [-0.15, -0.1) is 0 Å². The fourth-order valence-electron chi connectivity index (χ4n) is 1.25. The molecule has 0 amide bonds. The van der Waals surface area contributed by atoms with Crippen LogP contribution >= 0.6 is 34.8 Å². The largest absolute Gasteiger partial charge is 0.298 e. The Labute approximate surface area is 107 Å². The summed E-state index contributed by atoms with van der Waals surface area (Å²) >= 11 is 17.7. The number of carbonyl (C=O) groups is 1. The van der Waals surface area contributed by atoms with Gasteiger partial charge in [0.25, 0.3) is 0 Å². The van der Waals surface area contributed by atoms with E-state index < -0.39 is 0 Å². The van der Waals surface area contributed by atoms with Crippen LogP contribution in [0.3, 0.4) is 0 Å². The Morgan fingerprint density at radius 3 is 2.56 bits per heavy atom. The van der Waals surface area contributed by atoms with Gasteiger partial charge in [0.1, 0.15) is 5.15 Å². The fourth-order valence-corrected chi connectivity index (χ4v) is 1.96. The van der Waals surface area contributed by atoms with Gasteiger partial charge in [-0.1, -0.05) is 34.8 Å². The van der Waals surface area contributed by atoms with Crippen molar-refractivity contribution in [2.24, 2.45) is 0 Å². The molecule has 0 aliphatic carbocycles. The van der Waals surface area contributed by atoms with Gasteiger partial charge < -0.3 is 0 Å². The third-order valence-electron chi connectivity index (χ3n) is 2.00. The predicted molar refractivity (Wildman–Crippen MR) is 64.0 cm³/mol. The lowest BCUT2D eigenvalue weighted by Crippen LogP contribution is -1.97. The van der Waals surface area contributed by atoms with Gasteiger partial charge in [0, 0.05) is 5.02 Å². The van der Waals surface area contributed by atoms with Crippen LogP contribution in [0.15, 0.2) is 24.4 Å². The summed E-state index contributed by atoms with van der Waals surface area (Å²) in [5.74, 6) is 0. The number of benzene rings is 1. The monoisotopic (exact) mass is 274 g/mol. The number of aldehydes is 1. The minimum atomic E-state index is 0.222. The highest BCUT2D eigenvalue weighted by Crippen LogP contribution is 2.27. The maximum atomic E-state index is 10.6. The SMILES string of the molecule is O=Cc1cnn(-c2ccc(Cl)cc2Cl)c1Cl. The molecular weight excluding hydrogens is 270 g/mol. The van der Waals surface area contributed by atoms with Crippen molar-refractivity contribution in [3.8, 4) is 5.69 Å². The predicted octanol–water partition coefficient (Wildman–Crippen LogP) is 3.65. The lowest BCUT2D eigenvalue weighted by molar-refractivity contribution is 0.112. The molecule has 0 saturated heterocycles. The first-order valence-electron chi connectivity index (χ1n) is 4.27. The maximum Gasteiger partial charge on any atom is 0.154 e. The van der Waals surface area contributed by atoms with Crippen LogP contribution in [0.1, 0.15) is 10.4 Å². The summed E-state index contributed by atoms with van der Waals surface area (Å²) in [4.78, 5) is 10.6. The van der Waals surface area contributed by atoms with Crippen molar-refractivity contribution in [2.75, 3.05) is 0 Å². The molecule has 1 heterocycles. The van der Waals surface area contributed by atoms with E-state index in [1.807, 2.05) is 0 Å². The van der Waals surface area contributed by atoms with Crippen LogP contribution < -0.4 is 0 Å². The summed E-state index contributed by atoms with van der Waals surface area (Å²) in [7, 11) is 0. The summed E-state index contributed by atoms with van der Waals surface area (Å²) in [5.41, 5.74) is 0.886. The van der Waals surface area contributed by atoms with E-state index in [2.05, 4.69) is 5.10 Å². The maximum absolute atomic E-state index is 10.6. The summed E-state index contributed by atoms with van der Waals surface area (Å²) in [6, 6.07) is 4.93. The zero-order valence-corrected chi connectivity index (χ0v) is 10.1. The van der Waals surface area contributed by atoms with Crippen LogP contribution in [0.4, 0.5) is 0 Å². The van der Waals surface area contributed by atoms with E-state index in [1.165, 1.54) is 10.9 Å². The molecule has 2 rings (SSSR count). The van der Waals surface area contributed by atoms with Gasteiger partial charge in [-0.2, -0.15) is 5.10 Å². The van der Waals surface area contributed by atoms with Crippen LogP contribution in [0, 0.1) is 0 Å². The molecule has 82 valence electrons. The normalized spacial score (nSPS) is 10.4. The molecule has 3 nitrogen and oxygen atoms in total. The molecule has 0 bridgehead atoms. The quantitative estimate of drug-likeness (QED) is 0.784. The summed E-state index contributed by atoms with van der Waals surface area (Å²) in [6.07, 6.45) is 2.01. The molecule has 0 aliphatic heterocycles. The summed E-state index contributed by atoms with van der Waals surface area (Å²) < 4.78 is 1.38. The smallest absolute Gasteiger partial charge is 0.154 e. The highest BCUT2D eigenvalue weighted by molar-refractivity contribution is 6.36. The summed E-state index contributed by atoms with van der Waals surface area (Å²) in [6.45, 7) is 0. The topological polar surface area (TPSA) is 34.9 Å². The molecule has 0 saturated carbocycles. The third kappa shape index (κ3) is 1.94. The molecule has 16 heavy (non-hydrogen) atoms. The lowest BCUT2D eigenvalue weighted by atomic mass is 10.3. The Morgan fingerprint density at radius 2 is 2.00 bits per heavy atom. The number of aromatic nitrogens is 2. The Morgan fingerprint density at radius 1 is 1.25 bits per heavy atom. The molecule has 0 radical (unpaired) electrons. The van der Waals surface area contributed by atoms with Crippen LogP contribution in [0.5, 0.6) is 0 Å². The van der Waals surface area contributed by atoms with Gasteiger partial charge in [0.15, 0.2) is 6.29 Å². The second-order valence-corrected chi connectivity index (χ2v) is 4.22. The van der Waals surface area contributed by atoms with E-state index in [9.17, 15) is 4.79 Å². The number of carbonyl (C=O) groups excluding carboxylic acids is 1. The van der Waals surface area contributed by atoms with Crippen LogP contribution in [0.25, 0.3) is 5.69 Å². The molecule has 6 heteroatoms. The van der Waals surface area contributed by atoms with Crippen LogP contribution in [-0.4, -0.2) is 16.1 Å². The van der Waals surface area contributed by atoms with E-state index in [0.717, 1.165) is 0 Å². The van der Waals surface area contributed by atoms with Crippen molar-refractivity contribution in [1.29, 1.82) is 0 Å². The molecule has 0 aliphatic rings. The molecule has 0 unspecified atom stereocenters. The van der Waals surface area contributed by atoms with Crippen molar-refractivity contribution >= 4 is 41.1 Å². The molecule has 2 aromatic rings. The molecule has 1 aromatic heterocycles. The Bertz CT molecular complexity index is 551. The zero-order valence-electron chi connectivity index (χ0n) is 7.82. The van der Waals surface area contributed by atoms with E-state index in [4.69, 9.17) is 34.8 Å². The standard InChI is InChI=1S/C10H5Cl3N2O/c11-7-1-2-9(8(12)3-7)15-10(13)6(5-16)4-14-15/h1-5H. The lowest BCUT2D eigenvalue weighted by Gasteiger charge is -2.05. The average molecular weight is 276 g/mol. The van der Waals surface area contributed by atoms with Crippen molar-refractivity contribution in [2.45, 2.75) is 0 Å². The third-order valence-corrected chi connectivity index (χ3v) is 2.92. The molecule has 0 N–H and O–H groups in total. The number of nitrogens with zero attached hydrogens (tertiary/aromatic N) is 2. The molecule has 0 spiro atoms. The van der Waals surface area contributed by atoms with E-state index in [-0.39, 0.29) is 5.15 Å². The second-order valence-electron chi connectivity index (χ2n) is 3.02. The fraction of sp³-hybridized carbons (Fsp3) is 0. The Balaban J connectivity index is 2.58. The van der Waals surface area contributed by atoms with Gasteiger partial charge in [0.05, 0.1) is 22.5 Å². The minimum absolute atomic E-state index is 0.222. The van der Waals surface area contributed by atoms with Gasteiger partial charge in [-0.25, -0.2) is 4.68 Å². The van der Waals surface area contributed by atoms with E-state index in [0.29, 0.717) is 27.6 Å². The zero-order chi connectivity index (χ0) is 11.7. The van der Waals surface area contributed by atoms with E-state index in [1.54, 1.807) is 18.2 Å². The Hall–Kier alpha value is -1.03. The molecule has 1 aromatic carbocycles. The van der Waals surface area contributed by atoms with Crippen LogP contribution in [0.2, 0.25) is 15.2 Å². The van der Waals surface area contributed by atoms with Gasteiger partial charge in [0.2, 0.25) is 0 Å². The molecular formula is C10H5Cl3N2O. The van der Waals surface area contributed by atoms with Crippen LogP contribution in [-0.2, 0) is 0 Å². The number of halogens is 3. The highest BCUT2D eigenvalue weighted by atomic mass is 35.5. The molecule has 0 fully saturated rings.